The molecule has 0 aromatic carbocycles. The summed E-state index contributed by atoms with van der Waals surface area (Å²) in [7, 11) is 0. The van der Waals surface area contributed by atoms with Gasteiger partial charge in [-0.25, -0.2) is 9.78 Å². The molecule has 1 aliphatic heterocycles. The molecule has 1 aromatic heterocycles. The van der Waals surface area contributed by atoms with E-state index in [9.17, 15) is 9.59 Å². The quantitative estimate of drug-likeness (QED) is 0.859. The maximum absolute atomic E-state index is 12.3. The van der Waals surface area contributed by atoms with E-state index in [-0.39, 0.29) is 17.1 Å². The Bertz CT molecular complexity index is 517. The van der Waals surface area contributed by atoms with Crippen molar-refractivity contribution in [2.75, 3.05) is 6.54 Å². The predicted octanol–water partition coefficient (Wildman–Crippen LogP) is 1.55. The molecule has 1 saturated carbocycles. The van der Waals surface area contributed by atoms with E-state index >= 15 is 0 Å². The number of hydrogen-bond acceptors (Lipinski definition) is 3. The van der Waals surface area contributed by atoms with Gasteiger partial charge in [-0.2, -0.15) is 0 Å². The van der Waals surface area contributed by atoms with E-state index in [0.29, 0.717) is 5.56 Å². The number of aromatic nitrogens is 1. The summed E-state index contributed by atoms with van der Waals surface area (Å²) in [6.45, 7) is 0.781. The summed E-state index contributed by atoms with van der Waals surface area (Å²) >= 11 is 0. The van der Waals surface area contributed by atoms with Gasteiger partial charge in [-0.05, 0) is 37.8 Å². The first-order chi connectivity index (χ1) is 8.62. The number of nitrogens with zero attached hydrogens (tertiary/aromatic N) is 2. The van der Waals surface area contributed by atoms with Gasteiger partial charge in [0.2, 0.25) is 0 Å². The summed E-state index contributed by atoms with van der Waals surface area (Å²) in [5, 5.41) is 8.87. The number of hydrogen-bond donors (Lipinski definition) is 1. The fourth-order valence-electron chi connectivity index (χ4n) is 2.80. The van der Waals surface area contributed by atoms with Crippen LogP contribution in [-0.2, 0) is 0 Å². The molecule has 5 nitrogen and oxygen atoms in total. The van der Waals surface area contributed by atoms with Crippen LogP contribution in [0.1, 0.15) is 46.5 Å². The van der Waals surface area contributed by atoms with Crippen molar-refractivity contribution >= 4 is 11.9 Å². The van der Waals surface area contributed by atoms with Crippen molar-refractivity contribution in [2.45, 2.75) is 31.2 Å². The molecule has 1 spiro atoms. The van der Waals surface area contributed by atoms with Crippen molar-refractivity contribution < 1.29 is 14.7 Å². The first-order valence-electron chi connectivity index (χ1n) is 6.14. The summed E-state index contributed by atoms with van der Waals surface area (Å²) in [5.74, 6) is -1.17. The van der Waals surface area contributed by atoms with Crippen LogP contribution in [0.5, 0.6) is 0 Å². The second-order valence-electron chi connectivity index (χ2n) is 5.02. The highest BCUT2D eigenvalue weighted by atomic mass is 16.4. The molecule has 3 rings (SSSR count). The third-order valence-electron chi connectivity index (χ3n) is 4.13. The van der Waals surface area contributed by atoms with Gasteiger partial charge in [0.1, 0.15) is 5.69 Å². The number of rotatable bonds is 2. The molecule has 1 amide bonds. The molecule has 1 saturated heterocycles. The molecule has 2 heterocycles. The van der Waals surface area contributed by atoms with Gasteiger partial charge in [0.05, 0.1) is 0 Å². The maximum atomic E-state index is 12.3. The number of aromatic carboxylic acids is 1. The minimum atomic E-state index is -1.10. The Kier molecular flexibility index (Phi) is 2.36. The third-order valence-corrected chi connectivity index (χ3v) is 4.13. The molecule has 5 heteroatoms. The molecule has 2 fully saturated rings. The molecular formula is C13H14N2O3. The van der Waals surface area contributed by atoms with Crippen molar-refractivity contribution in [3.63, 3.8) is 0 Å². The Hall–Kier alpha value is -1.91. The van der Waals surface area contributed by atoms with Gasteiger partial charge in [0, 0.05) is 23.8 Å². The van der Waals surface area contributed by atoms with Crippen LogP contribution in [0, 0.1) is 0 Å². The van der Waals surface area contributed by atoms with Gasteiger partial charge >= 0.3 is 5.97 Å². The number of carboxylic acids is 1. The van der Waals surface area contributed by atoms with Crippen LogP contribution in [0.3, 0.4) is 0 Å². The summed E-state index contributed by atoms with van der Waals surface area (Å²) in [6, 6.07) is 2.94. The van der Waals surface area contributed by atoms with Gasteiger partial charge in [-0.15, -0.1) is 0 Å². The second kappa shape index (κ2) is 3.80. The topological polar surface area (TPSA) is 70.5 Å². The lowest BCUT2D eigenvalue weighted by atomic mass is 9.67. The lowest BCUT2D eigenvalue weighted by molar-refractivity contribution is -0.0487. The maximum Gasteiger partial charge on any atom is 0.354 e. The number of carbonyl (C=O) groups excluding carboxylic acids is 1. The zero-order valence-corrected chi connectivity index (χ0v) is 9.93. The number of pyridine rings is 1. The Labute approximate surface area is 104 Å². The van der Waals surface area contributed by atoms with Crippen LogP contribution in [0.2, 0.25) is 0 Å². The standard InChI is InChI=1S/C13H14N2O3/c16-11(15-7-5-13(15)3-1-4-13)9-2-6-14-10(8-9)12(17)18/h2,6,8H,1,3-5,7H2,(H,17,18). The van der Waals surface area contributed by atoms with Crippen molar-refractivity contribution in [3.05, 3.63) is 29.6 Å². The van der Waals surface area contributed by atoms with Crippen molar-refractivity contribution in [2.24, 2.45) is 0 Å². The lowest BCUT2D eigenvalue weighted by Gasteiger charge is -2.58. The average molecular weight is 246 g/mol. The van der Waals surface area contributed by atoms with Crippen LogP contribution in [0.15, 0.2) is 18.3 Å². The normalized spacial score (nSPS) is 20.1. The summed E-state index contributed by atoms with van der Waals surface area (Å²) in [5.41, 5.74) is 0.432. The van der Waals surface area contributed by atoms with E-state index < -0.39 is 5.97 Å². The predicted molar refractivity (Wildman–Crippen MR) is 63.4 cm³/mol. The molecule has 0 unspecified atom stereocenters. The Morgan fingerprint density at radius 2 is 2.11 bits per heavy atom. The minimum Gasteiger partial charge on any atom is -0.477 e. The van der Waals surface area contributed by atoms with Crippen LogP contribution in [-0.4, -0.2) is 39.0 Å². The van der Waals surface area contributed by atoms with E-state index in [0.717, 1.165) is 25.8 Å². The molecule has 1 aliphatic carbocycles. The van der Waals surface area contributed by atoms with Crippen LogP contribution in [0.25, 0.3) is 0 Å². The Balaban J connectivity index is 1.84. The summed E-state index contributed by atoms with van der Waals surface area (Å²) < 4.78 is 0. The fraction of sp³-hybridized carbons (Fsp3) is 0.462. The molecule has 0 bridgehead atoms. The monoisotopic (exact) mass is 246 g/mol. The molecule has 2 aliphatic rings. The second-order valence-corrected chi connectivity index (χ2v) is 5.02. The number of carboxylic acid groups (broad SMARTS) is 1. The van der Waals surface area contributed by atoms with Gasteiger partial charge < -0.3 is 10.0 Å². The average Bonchev–Trinajstić information content (AvgIpc) is 2.25. The number of likely N-dealkylation sites (tertiary alicyclic amines) is 1. The van der Waals surface area contributed by atoms with E-state index in [1.807, 2.05) is 4.90 Å². The van der Waals surface area contributed by atoms with Gasteiger partial charge in [0.25, 0.3) is 5.91 Å². The molecular weight excluding hydrogens is 232 g/mol. The lowest BCUT2D eigenvalue weighted by Crippen LogP contribution is -2.65. The molecule has 0 atom stereocenters. The van der Waals surface area contributed by atoms with E-state index in [4.69, 9.17) is 5.11 Å². The summed E-state index contributed by atoms with van der Waals surface area (Å²) in [6.07, 6.45) is 5.80. The van der Waals surface area contributed by atoms with Gasteiger partial charge in [0.15, 0.2) is 0 Å². The highest BCUT2D eigenvalue weighted by Gasteiger charge is 2.51. The highest BCUT2D eigenvalue weighted by molar-refractivity contribution is 5.97. The highest BCUT2D eigenvalue weighted by Crippen LogP contribution is 2.47. The summed E-state index contributed by atoms with van der Waals surface area (Å²) in [4.78, 5) is 28.8. The van der Waals surface area contributed by atoms with E-state index in [2.05, 4.69) is 4.98 Å². The first kappa shape index (κ1) is 11.2. The Morgan fingerprint density at radius 3 is 2.61 bits per heavy atom. The van der Waals surface area contributed by atoms with Crippen LogP contribution in [0.4, 0.5) is 0 Å². The molecule has 1 N–H and O–H groups in total. The molecule has 1 aromatic rings. The van der Waals surface area contributed by atoms with Crippen molar-refractivity contribution in [1.29, 1.82) is 0 Å². The van der Waals surface area contributed by atoms with E-state index in [1.165, 1.54) is 18.7 Å². The SMILES string of the molecule is O=C(O)c1cc(C(=O)N2CCC23CCC3)ccn1. The number of carbonyl (C=O) groups is 2. The van der Waals surface area contributed by atoms with Crippen molar-refractivity contribution in [3.8, 4) is 0 Å². The molecule has 18 heavy (non-hydrogen) atoms. The molecule has 94 valence electrons. The molecule has 0 radical (unpaired) electrons. The number of amides is 1. The zero-order valence-electron chi connectivity index (χ0n) is 9.93. The van der Waals surface area contributed by atoms with Crippen LogP contribution >= 0.6 is 0 Å². The zero-order chi connectivity index (χ0) is 12.8. The third kappa shape index (κ3) is 1.50. The van der Waals surface area contributed by atoms with Crippen LogP contribution < -0.4 is 0 Å². The van der Waals surface area contributed by atoms with E-state index in [1.54, 1.807) is 6.07 Å². The van der Waals surface area contributed by atoms with Gasteiger partial charge in [-0.3, -0.25) is 4.79 Å². The smallest absolute Gasteiger partial charge is 0.354 e. The fourth-order valence-corrected chi connectivity index (χ4v) is 2.80. The van der Waals surface area contributed by atoms with Gasteiger partial charge in [-0.1, -0.05) is 0 Å². The Morgan fingerprint density at radius 1 is 1.33 bits per heavy atom. The van der Waals surface area contributed by atoms with Crippen molar-refractivity contribution in [1.82, 2.24) is 9.88 Å². The first-order valence-corrected chi connectivity index (χ1v) is 6.14. The minimum absolute atomic E-state index is 0.0640. The largest absolute Gasteiger partial charge is 0.477 e.